The van der Waals surface area contributed by atoms with Crippen molar-refractivity contribution in [3.05, 3.63) is 24.3 Å². The van der Waals surface area contributed by atoms with Gasteiger partial charge < -0.3 is 0 Å². The summed E-state index contributed by atoms with van der Waals surface area (Å²) < 4.78 is 0. The molecule has 1 atom stereocenters. The number of benzene rings is 1. The minimum atomic E-state index is -1.13. The maximum atomic E-state index is 6.39. The molecule has 0 aliphatic carbocycles. The Morgan fingerprint density at radius 2 is 1.76 bits per heavy atom. The van der Waals surface area contributed by atoms with E-state index < -0.39 is 8.07 Å². The van der Waals surface area contributed by atoms with Crippen LogP contribution in [0.4, 0.5) is 0 Å². The molecule has 17 heavy (non-hydrogen) atoms. The van der Waals surface area contributed by atoms with Gasteiger partial charge in [0, 0.05) is 5.00 Å². The molecule has 0 aliphatic heterocycles. The molecule has 0 heterocycles. The first kappa shape index (κ1) is 15.0. The monoisotopic (exact) mass is 284 g/mol. The van der Waals surface area contributed by atoms with Crippen LogP contribution in [0.15, 0.2) is 24.3 Å². The fourth-order valence-corrected chi connectivity index (χ4v) is 5.29. The molecular weight excluding hydrogens is 260 g/mol. The van der Waals surface area contributed by atoms with Crippen molar-refractivity contribution in [2.45, 2.75) is 50.8 Å². The fraction of sp³-hybridized carbons (Fsp3) is 0.571. The predicted octanol–water partition coefficient (Wildman–Crippen LogP) is 2.78. The third-order valence-electron chi connectivity index (χ3n) is 3.15. The van der Waals surface area contributed by atoms with E-state index in [9.17, 15) is 0 Å². The molecule has 1 aromatic rings. The van der Waals surface area contributed by atoms with E-state index in [0.29, 0.717) is 5.00 Å². The average molecular weight is 285 g/mol. The van der Waals surface area contributed by atoms with Crippen molar-refractivity contribution in [2.24, 2.45) is 0 Å². The Hall–Kier alpha value is -0.0562. The number of alkyl halides is 1. The zero-order valence-corrected chi connectivity index (χ0v) is 14.8. The maximum absolute atomic E-state index is 6.39. The van der Waals surface area contributed by atoms with Crippen LogP contribution in [-0.2, 0) is 0 Å². The minimum Gasteiger partial charge on any atom is -0.127 e. The van der Waals surface area contributed by atoms with Crippen molar-refractivity contribution in [1.29, 1.82) is 0 Å². The zero-order chi connectivity index (χ0) is 12.9. The second-order valence-electron chi connectivity index (χ2n) is 5.89. The van der Waals surface area contributed by atoms with Crippen molar-refractivity contribution in [1.82, 2.24) is 0 Å². The van der Waals surface area contributed by atoms with Crippen LogP contribution in [0.1, 0.15) is 26.2 Å². The quantitative estimate of drug-likeness (QED) is 0.557. The molecule has 3 heteroatoms. The van der Waals surface area contributed by atoms with E-state index in [2.05, 4.69) is 50.8 Å². The molecule has 0 spiro atoms. The Morgan fingerprint density at radius 1 is 1.18 bits per heavy atom. The number of halogens is 1. The highest BCUT2D eigenvalue weighted by Gasteiger charge is 2.16. The van der Waals surface area contributed by atoms with Gasteiger partial charge in [-0.15, -0.1) is 11.6 Å². The van der Waals surface area contributed by atoms with E-state index >= 15 is 0 Å². The van der Waals surface area contributed by atoms with Gasteiger partial charge in [-0.05, 0) is 6.42 Å². The lowest BCUT2D eigenvalue weighted by Crippen LogP contribution is -2.38. The lowest BCUT2D eigenvalue weighted by atomic mass is 10.3. The number of unbranched alkanes of at least 4 members (excludes halogenated alkanes) is 1. The fourth-order valence-electron chi connectivity index (χ4n) is 1.92. The Kier molecular flexibility index (Phi) is 5.97. The molecule has 0 bridgehead atoms. The third-order valence-corrected chi connectivity index (χ3v) is 7.69. The van der Waals surface area contributed by atoms with Crippen molar-refractivity contribution in [3.63, 3.8) is 0 Å². The zero-order valence-electron chi connectivity index (χ0n) is 11.6. The van der Waals surface area contributed by atoms with Crippen molar-refractivity contribution < 1.29 is 0 Å². The molecule has 0 aromatic heterocycles. The second-order valence-corrected chi connectivity index (χ2v) is 14.3. The van der Waals surface area contributed by atoms with E-state index in [4.69, 9.17) is 11.6 Å². The summed E-state index contributed by atoms with van der Waals surface area (Å²) in [7, 11) is -1.42. The molecule has 1 aromatic carbocycles. The molecule has 0 amide bonds. The van der Waals surface area contributed by atoms with E-state index in [0.717, 1.165) is 0 Å². The van der Waals surface area contributed by atoms with Crippen molar-refractivity contribution in [3.8, 4) is 0 Å². The summed E-state index contributed by atoms with van der Waals surface area (Å²) in [6.07, 6.45) is 3.72. The molecule has 0 nitrogen and oxygen atoms in total. The summed E-state index contributed by atoms with van der Waals surface area (Å²) in [5, 5.41) is 3.51. The molecule has 0 N–H and O–H groups in total. The molecule has 0 aliphatic rings. The molecule has 96 valence electrons. The molecular formula is C14H25ClSi2. The van der Waals surface area contributed by atoms with Gasteiger partial charge >= 0.3 is 0 Å². The number of hydrogen-bond donors (Lipinski definition) is 0. The summed E-state index contributed by atoms with van der Waals surface area (Å²) in [5.74, 6) is 0. The Bertz CT molecular complexity index is 327. The summed E-state index contributed by atoms with van der Waals surface area (Å²) in [6, 6.07) is 9.30. The topological polar surface area (TPSA) is 0 Å². The van der Waals surface area contributed by atoms with Gasteiger partial charge in [-0.25, -0.2) is 0 Å². The molecule has 1 rings (SSSR count). The van der Waals surface area contributed by atoms with E-state index in [-0.39, 0.29) is 9.52 Å². The Morgan fingerprint density at radius 3 is 2.24 bits per heavy atom. The van der Waals surface area contributed by atoms with Gasteiger partial charge in [0.25, 0.3) is 0 Å². The van der Waals surface area contributed by atoms with Crippen LogP contribution >= 0.6 is 11.6 Å². The largest absolute Gasteiger partial charge is 0.127 e. The van der Waals surface area contributed by atoms with Crippen LogP contribution in [0.5, 0.6) is 0 Å². The van der Waals surface area contributed by atoms with Crippen molar-refractivity contribution >= 4 is 39.6 Å². The van der Waals surface area contributed by atoms with Gasteiger partial charge in [0.15, 0.2) is 0 Å². The highest BCUT2D eigenvalue weighted by molar-refractivity contribution is 6.88. The first-order chi connectivity index (χ1) is 7.93. The Balaban J connectivity index is 2.56. The highest BCUT2D eigenvalue weighted by atomic mass is 35.5. The van der Waals surface area contributed by atoms with Crippen LogP contribution in [0, 0.1) is 0 Å². The lowest BCUT2D eigenvalue weighted by molar-refractivity contribution is 0.754. The van der Waals surface area contributed by atoms with Gasteiger partial charge in [0.05, 0.1) is 17.6 Å². The van der Waals surface area contributed by atoms with Crippen LogP contribution in [0.3, 0.4) is 0 Å². The second kappa shape index (κ2) is 6.76. The van der Waals surface area contributed by atoms with Crippen molar-refractivity contribution in [2.75, 3.05) is 0 Å². The van der Waals surface area contributed by atoms with Gasteiger partial charge in [-0.2, -0.15) is 0 Å². The normalized spacial score (nSPS) is 14.4. The van der Waals surface area contributed by atoms with E-state index in [1.165, 1.54) is 24.4 Å². The average Bonchev–Trinajstić information content (AvgIpc) is 2.26. The smallest absolute Gasteiger partial charge is 0.0775 e. The standard InChI is InChI=1S/C14H25ClSi2/c1-5-6-7-14(15)16-12-8-10-13(11-9-12)17(2,3)4/h8-11,14H,5-7,16H2,1-4H3. The molecule has 0 saturated heterocycles. The van der Waals surface area contributed by atoms with Crippen LogP contribution in [-0.4, -0.2) is 22.6 Å². The minimum absolute atomic E-state index is 0.286. The maximum Gasteiger partial charge on any atom is 0.0775 e. The summed E-state index contributed by atoms with van der Waals surface area (Å²) in [4.78, 5) is 0. The summed E-state index contributed by atoms with van der Waals surface area (Å²) in [6.45, 7) is 9.41. The van der Waals surface area contributed by atoms with Gasteiger partial charge in [-0.3, -0.25) is 0 Å². The molecule has 0 radical (unpaired) electrons. The van der Waals surface area contributed by atoms with Gasteiger partial charge in [0.1, 0.15) is 0 Å². The molecule has 1 unspecified atom stereocenters. The Labute approximate surface area is 115 Å². The lowest BCUT2D eigenvalue weighted by Gasteiger charge is -2.17. The predicted molar refractivity (Wildman–Crippen MR) is 86.8 cm³/mol. The van der Waals surface area contributed by atoms with E-state index in [1.807, 2.05) is 0 Å². The van der Waals surface area contributed by atoms with Gasteiger partial charge in [0.2, 0.25) is 0 Å². The van der Waals surface area contributed by atoms with Crippen LogP contribution in [0.2, 0.25) is 19.6 Å². The van der Waals surface area contributed by atoms with E-state index in [1.54, 1.807) is 5.19 Å². The SMILES string of the molecule is CCCCC(Cl)[SiH2]c1ccc([Si](C)(C)C)cc1. The van der Waals surface area contributed by atoms with Crippen LogP contribution < -0.4 is 10.4 Å². The number of hydrogen-bond acceptors (Lipinski definition) is 0. The molecule has 0 saturated carbocycles. The summed E-state index contributed by atoms with van der Waals surface area (Å²) >= 11 is 6.39. The summed E-state index contributed by atoms with van der Waals surface area (Å²) in [5.41, 5.74) is 0. The molecule has 0 fully saturated rings. The first-order valence-corrected chi connectivity index (χ1v) is 12.1. The third kappa shape index (κ3) is 5.41. The number of rotatable bonds is 6. The van der Waals surface area contributed by atoms with Crippen LogP contribution in [0.25, 0.3) is 0 Å². The first-order valence-electron chi connectivity index (χ1n) is 6.67. The highest BCUT2D eigenvalue weighted by Crippen LogP contribution is 2.06. The van der Waals surface area contributed by atoms with Gasteiger partial charge in [-0.1, -0.05) is 74.0 Å².